The summed E-state index contributed by atoms with van der Waals surface area (Å²) in [7, 11) is 0. The first-order valence-electron chi connectivity index (χ1n) is 4.61. The van der Waals surface area contributed by atoms with Gasteiger partial charge in [-0.05, 0) is 24.7 Å². The van der Waals surface area contributed by atoms with E-state index in [0.717, 1.165) is 11.8 Å². The number of alkyl halides is 4. The van der Waals surface area contributed by atoms with Crippen molar-refractivity contribution in [1.29, 1.82) is 0 Å². The first-order valence-corrected chi connectivity index (χ1v) is 6.72. The van der Waals surface area contributed by atoms with E-state index in [1.165, 1.54) is 0 Å². The van der Waals surface area contributed by atoms with Crippen molar-refractivity contribution in [1.82, 2.24) is 0 Å². The van der Waals surface area contributed by atoms with Gasteiger partial charge in [-0.1, -0.05) is 41.5 Å². The van der Waals surface area contributed by atoms with Crippen molar-refractivity contribution in [3.05, 3.63) is 0 Å². The lowest BCUT2D eigenvalue weighted by Crippen LogP contribution is -2.09. The highest BCUT2D eigenvalue weighted by molar-refractivity contribution is 9.09. The summed E-state index contributed by atoms with van der Waals surface area (Å²) in [6.45, 7) is 4.18. The molecule has 0 aromatic carbocycles. The molecule has 0 rings (SSSR count). The van der Waals surface area contributed by atoms with Crippen LogP contribution in [0.25, 0.3) is 0 Å². The zero-order valence-corrected chi connectivity index (χ0v) is 10.8. The molecule has 0 aromatic rings. The third-order valence-electron chi connectivity index (χ3n) is 1.81. The average Bonchev–Trinajstić information content (AvgIpc) is 1.99. The molecule has 1 unspecified atom stereocenters. The van der Waals surface area contributed by atoms with Gasteiger partial charge in [-0.15, -0.1) is 0 Å². The molecule has 0 heterocycles. The standard InChI is InChI=1S/C9H16BrF3S/c1-7(2)5-8(6-10)3-4-14-9(11,12)13/h7-8H,3-6H2,1-2H3. The topological polar surface area (TPSA) is 0 Å². The molecule has 14 heavy (non-hydrogen) atoms. The number of hydrogen-bond acceptors (Lipinski definition) is 1. The molecule has 0 amide bonds. The van der Waals surface area contributed by atoms with Crippen LogP contribution in [0.2, 0.25) is 0 Å². The second kappa shape index (κ2) is 6.99. The van der Waals surface area contributed by atoms with E-state index in [4.69, 9.17) is 0 Å². The minimum Gasteiger partial charge on any atom is -0.160 e. The van der Waals surface area contributed by atoms with Crippen LogP contribution < -0.4 is 0 Å². The van der Waals surface area contributed by atoms with Crippen LogP contribution in [0.3, 0.4) is 0 Å². The van der Waals surface area contributed by atoms with E-state index in [2.05, 4.69) is 29.8 Å². The highest BCUT2D eigenvalue weighted by Crippen LogP contribution is 2.32. The van der Waals surface area contributed by atoms with Crippen molar-refractivity contribution in [3.63, 3.8) is 0 Å². The van der Waals surface area contributed by atoms with Gasteiger partial charge in [0.2, 0.25) is 0 Å². The second-order valence-corrected chi connectivity index (χ2v) is 5.54. The Hall–Kier alpha value is 0.620. The van der Waals surface area contributed by atoms with Gasteiger partial charge in [0.25, 0.3) is 0 Å². The summed E-state index contributed by atoms with van der Waals surface area (Å²) < 4.78 is 35.5. The highest BCUT2D eigenvalue weighted by atomic mass is 79.9. The summed E-state index contributed by atoms with van der Waals surface area (Å²) in [5.41, 5.74) is -4.07. The van der Waals surface area contributed by atoms with Crippen LogP contribution in [-0.2, 0) is 0 Å². The molecule has 5 heteroatoms. The van der Waals surface area contributed by atoms with E-state index in [-0.39, 0.29) is 17.5 Å². The molecule has 0 aliphatic heterocycles. The summed E-state index contributed by atoms with van der Waals surface area (Å²) in [6, 6.07) is 0. The molecule has 0 N–H and O–H groups in total. The van der Waals surface area contributed by atoms with Gasteiger partial charge < -0.3 is 0 Å². The maximum Gasteiger partial charge on any atom is 0.441 e. The molecular weight excluding hydrogens is 277 g/mol. The Morgan fingerprint density at radius 3 is 2.21 bits per heavy atom. The normalized spacial score (nSPS) is 14.8. The number of hydrogen-bond donors (Lipinski definition) is 0. The molecule has 0 aliphatic rings. The zero-order chi connectivity index (χ0) is 11.2. The minimum absolute atomic E-state index is 0.0835. The maximum absolute atomic E-state index is 11.8. The lowest BCUT2D eigenvalue weighted by molar-refractivity contribution is -0.0328. The van der Waals surface area contributed by atoms with Crippen LogP contribution in [0.1, 0.15) is 26.7 Å². The van der Waals surface area contributed by atoms with Crippen molar-refractivity contribution in [2.24, 2.45) is 11.8 Å². The fourth-order valence-electron chi connectivity index (χ4n) is 1.27. The summed E-state index contributed by atoms with van der Waals surface area (Å²) in [6.07, 6.45) is 1.62. The van der Waals surface area contributed by atoms with E-state index in [9.17, 15) is 13.2 Å². The molecule has 0 bridgehead atoms. The summed E-state index contributed by atoms with van der Waals surface area (Å²) in [5.74, 6) is 1.09. The zero-order valence-electron chi connectivity index (χ0n) is 8.40. The predicted molar refractivity (Wildman–Crippen MR) is 59.9 cm³/mol. The molecule has 0 spiro atoms. The van der Waals surface area contributed by atoms with Crippen LogP contribution in [-0.4, -0.2) is 16.6 Å². The predicted octanol–water partition coefficient (Wildman–Crippen LogP) is 4.69. The van der Waals surface area contributed by atoms with Crippen molar-refractivity contribution in [2.75, 3.05) is 11.1 Å². The van der Waals surface area contributed by atoms with E-state index in [1.54, 1.807) is 0 Å². The smallest absolute Gasteiger partial charge is 0.160 e. The number of halogens is 4. The van der Waals surface area contributed by atoms with Gasteiger partial charge in [-0.3, -0.25) is 0 Å². The molecule has 0 aliphatic carbocycles. The molecule has 0 aromatic heterocycles. The Labute approximate surface area is 96.1 Å². The van der Waals surface area contributed by atoms with Crippen LogP contribution in [0.4, 0.5) is 13.2 Å². The van der Waals surface area contributed by atoms with Crippen molar-refractivity contribution >= 4 is 27.7 Å². The van der Waals surface area contributed by atoms with Gasteiger partial charge in [-0.2, -0.15) is 13.2 Å². The SMILES string of the molecule is CC(C)CC(CBr)CCSC(F)(F)F. The highest BCUT2D eigenvalue weighted by Gasteiger charge is 2.27. The number of thioether (sulfide) groups is 1. The van der Waals surface area contributed by atoms with Crippen molar-refractivity contribution < 1.29 is 13.2 Å². The Morgan fingerprint density at radius 1 is 1.29 bits per heavy atom. The summed E-state index contributed by atoms with van der Waals surface area (Å²) >= 11 is 3.42. The van der Waals surface area contributed by atoms with E-state index < -0.39 is 5.51 Å². The summed E-state index contributed by atoms with van der Waals surface area (Å²) in [4.78, 5) is 0. The number of rotatable bonds is 6. The van der Waals surface area contributed by atoms with Crippen LogP contribution >= 0.6 is 27.7 Å². The quantitative estimate of drug-likeness (QED) is 0.640. The van der Waals surface area contributed by atoms with Crippen molar-refractivity contribution in [2.45, 2.75) is 32.2 Å². The van der Waals surface area contributed by atoms with Crippen LogP contribution in [0.15, 0.2) is 0 Å². The first-order chi connectivity index (χ1) is 6.35. The molecule has 1 atom stereocenters. The minimum atomic E-state index is -4.07. The molecule has 0 fully saturated rings. The largest absolute Gasteiger partial charge is 0.441 e. The average molecular weight is 293 g/mol. The van der Waals surface area contributed by atoms with Gasteiger partial charge in [0.15, 0.2) is 0 Å². The van der Waals surface area contributed by atoms with Gasteiger partial charge in [-0.25, -0.2) is 0 Å². The fourth-order valence-corrected chi connectivity index (χ4v) is 2.54. The molecule has 0 saturated carbocycles. The first kappa shape index (κ1) is 14.6. The second-order valence-electron chi connectivity index (χ2n) is 3.73. The third kappa shape index (κ3) is 9.19. The Morgan fingerprint density at radius 2 is 1.86 bits per heavy atom. The Kier molecular flexibility index (Phi) is 7.30. The van der Waals surface area contributed by atoms with Gasteiger partial charge in [0, 0.05) is 11.1 Å². The Balaban J connectivity index is 3.63. The van der Waals surface area contributed by atoms with Crippen LogP contribution in [0, 0.1) is 11.8 Å². The Bertz CT molecular complexity index is 147. The van der Waals surface area contributed by atoms with E-state index in [1.807, 2.05) is 0 Å². The summed E-state index contributed by atoms with van der Waals surface area (Å²) in [5, 5.41) is 0.795. The maximum atomic E-state index is 11.8. The molecular formula is C9H16BrF3S. The van der Waals surface area contributed by atoms with Crippen LogP contribution in [0.5, 0.6) is 0 Å². The lowest BCUT2D eigenvalue weighted by atomic mass is 9.97. The van der Waals surface area contributed by atoms with E-state index >= 15 is 0 Å². The molecule has 0 nitrogen and oxygen atoms in total. The monoisotopic (exact) mass is 292 g/mol. The third-order valence-corrected chi connectivity index (χ3v) is 3.50. The lowest BCUT2D eigenvalue weighted by Gasteiger charge is -2.16. The molecule has 86 valence electrons. The molecule has 0 radical (unpaired) electrons. The van der Waals surface area contributed by atoms with Gasteiger partial charge >= 0.3 is 5.51 Å². The van der Waals surface area contributed by atoms with Gasteiger partial charge in [0.05, 0.1) is 0 Å². The molecule has 0 saturated heterocycles. The van der Waals surface area contributed by atoms with Gasteiger partial charge in [0.1, 0.15) is 0 Å². The van der Waals surface area contributed by atoms with E-state index in [0.29, 0.717) is 18.3 Å². The van der Waals surface area contributed by atoms with Crippen molar-refractivity contribution in [3.8, 4) is 0 Å². The fraction of sp³-hybridized carbons (Fsp3) is 1.00.